The lowest BCUT2D eigenvalue weighted by Gasteiger charge is -2.16. The predicted octanol–water partition coefficient (Wildman–Crippen LogP) is 3.09. The van der Waals surface area contributed by atoms with Gasteiger partial charge >= 0.3 is 0 Å². The summed E-state index contributed by atoms with van der Waals surface area (Å²) >= 11 is 0. The molecule has 3 nitrogen and oxygen atoms in total. The van der Waals surface area contributed by atoms with E-state index in [9.17, 15) is 4.79 Å². The molecule has 0 radical (unpaired) electrons. The predicted molar refractivity (Wildman–Crippen MR) is 73.0 cm³/mol. The number of rotatable bonds is 3. The van der Waals surface area contributed by atoms with Crippen LogP contribution in [0.1, 0.15) is 40.1 Å². The van der Waals surface area contributed by atoms with Crippen molar-refractivity contribution < 1.29 is 9.21 Å². The number of carbonyl (C=O) groups excluding carboxylic acids is 1. The summed E-state index contributed by atoms with van der Waals surface area (Å²) in [6, 6.07) is 9.72. The van der Waals surface area contributed by atoms with Gasteiger partial charge in [0.15, 0.2) is 0 Å². The molecule has 1 aliphatic rings. The van der Waals surface area contributed by atoms with Crippen molar-refractivity contribution >= 4 is 5.91 Å². The highest BCUT2D eigenvalue weighted by Gasteiger charge is 2.12. The Labute approximate surface area is 112 Å². The zero-order chi connectivity index (χ0) is 13.1. The lowest BCUT2D eigenvalue weighted by atomic mass is 9.90. The van der Waals surface area contributed by atoms with E-state index in [-0.39, 0.29) is 5.91 Å². The Morgan fingerprint density at radius 1 is 1.16 bits per heavy atom. The van der Waals surface area contributed by atoms with Gasteiger partial charge in [0.1, 0.15) is 5.76 Å². The Morgan fingerprint density at radius 2 is 2.00 bits per heavy atom. The number of amides is 1. The number of aryl methyl sites for hydroxylation is 2. The number of fused-ring (bicyclic) bond motifs is 1. The summed E-state index contributed by atoms with van der Waals surface area (Å²) in [5.41, 5.74) is 3.47. The van der Waals surface area contributed by atoms with Crippen molar-refractivity contribution in [3.8, 4) is 0 Å². The van der Waals surface area contributed by atoms with E-state index in [1.54, 1.807) is 6.26 Å². The first kappa shape index (κ1) is 12.0. The van der Waals surface area contributed by atoms with Crippen LogP contribution in [0.3, 0.4) is 0 Å². The van der Waals surface area contributed by atoms with Gasteiger partial charge in [0.2, 0.25) is 0 Å². The third-order valence-corrected chi connectivity index (χ3v) is 3.61. The Balaban J connectivity index is 1.69. The van der Waals surface area contributed by atoms with E-state index in [0.29, 0.717) is 6.54 Å². The molecule has 0 saturated carbocycles. The molecule has 0 unspecified atom stereocenters. The van der Waals surface area contributed by atoms with Gasteiger partial charge in [-0.15, -0.1) is 0 Å². The molecule has 19 heavy (non-hydrogen) atoms. The highest BCUT2D eigenvalue weighted by molar-refractivity contribution is 5.94. The molecule has 1 amide bonds. The molecule has 98 valence electrons. The highest BCUT2D eigenvalue weighted by Crippen LogP contribution is 2.22. The minimum atomic E-state index is -0.0372. The molecule has 1 aliphatic carbocycles. The maximum atomic E-state index is 12.1. The molecule has 0 aliphatic heterocycles. The van der Waals surface area contributed by atoms with Gasteiger partial charge in [-0.25, -0.2) is 0 Å². The zero-order valence-electron chi connectivity index (χ0n) is 10.8. The smallest absolute Gasteiger partial charge is 0.251 e. The molecule has 0 fully saturated rings. The van der Waals surface area contributed by atoms with E-state index in [0.717, 1.165) is 24.2 Å². The average molecular weight is 255 g/mol. The van der Waals surface area contributed by atoms with Crippen LogP contribution in [0.25, 0.3) is 0 Å². The summed E-state index contributed by atoms with van der Waals surface area (Å²) < 4.78 is 5.20. The molecular formula is C16H17NO2. The van der Waals surface area contributed by atoms with Crippen molar-refractivity contribution in [3.63, 3.8) is 0 Å². The molecule has 3 rings (SSSR count). The average Bonchev–Trinajstić information content (AvgIpc) is 2.97. The molecule has 0 atom stereocenters. The second kappa shape index (κ2) is 5.31. The van der Waals surface area contributed by atoms with E-state index in [1.165, 1.54) is 24.0 Å². The summed E-state index contributed by atoms with van der Waals surface area (Å²) in [4.78, 5) is 12.1. The van der Waals surface area contributed by atoms with Gasteiger partial charge in [-0.05, 0) is 61.1 Å². The first-order valence-corrected chi connectivity index (χ1v) is 6.75. The van der Waals surface area contributed by atoms with Gasteiger partial charge in [-0.1, -0.05) is 6.07 Å². The first-order valence-electron chi connectivity index (χ1n) is 6.75. The van der Waals surface area contributed by atoms with E-state index < -0.39 is 0 Å². The molecule has 2 aromatic rings. The van der Waals surface area contributed by atoms with Crippen LogP contribution >= 0.6 is 0 Å². The molecule has 1 aromatic heterocycles. The standard InChI is InChI=1S/C16H17NO2/c18-16(17-11-15-6-3-9-19-15)14-8-7-12-4-1-2-5-13(12)10-14/h3,6-10H,1-2,4-5,11H2,(H,17,18). The van der Waals surface area contributed by atoms with Crippen LogP contribution in [0.2, 0.25) is 0 Å². The topological polar surface area (TPSA) is 42.2 Å². The monoisotopic (exact) mass is 255 g/mol. The maximum absolute atomic E-state index is 12.1. The highest BCUT2D eigenvalue weighted by atomic mass is 16.3. The number of furan rings is 1. The molecule has 1 heterocycles. The Bertz CT molecular complexity index is 572. The van der Waals surface area contributed by atoms with Crippen molar-refractivity contribution in [3.05, 3.63) is 59.0 Å². The van der Waals surface area contributed by atoms with Crippen LogP contribution in [0.15, 0.2) is 41.0 Å². The van der Waals surface area contributed by atoms with Gasteiger partial charge in [-0.2, -0.15) is 0 Å². The van der Waals surface area contributed by atoms with Crippen LogP contribution in [-0.4, -0.2) is 5.91 Å². The fraction of sp³-hybridized carbons (Fsp3) is 0.312. The number of carbonyl (C=O) groups is 1. The fourth-order valence-electron chi connectivity index (χ4n) is 2.56. The Morgan fingerprint density at radius 3 is 2.79 bits per heavy atom. The summed E-state index contributed by atoms with van der Waals surface area (Å²) in [5.74, 6) is 0.732. The van der Waals surface area contributed by atoms with Gasteiger partial charge in [0.25, 0.3) is 5.91 Å². The van der Waals surface area contributed by atoms with Gasteiger partial charge in [0.05, 0.1) is 12.8 Å². The third-order valence-electron chi connectivity index (χ3n) is 3.61. The summed E-state index contributed by atoms with van der Waals surface area (Å²) in [6.07, 6.45) is 6.33. The van der Waals surface area contributed by atoms with Crippen molar-refractivity contribution in [2.24, 2.45) is 0 Å². The van der Waals surface area contributed by atoms with Crippen LogP contribution in [-0.2, 0) is 19.4 Å². The lowest BCUT2D eigenvalue weighted by Crippen LogP contribution is -2.23. The molecule has 0 saturated heterocycles. The Kier molecular flexibility index (Phi) is 3.36. The van der Waals surface area contributed by atoms with Gasteiger partial charge in [0, 0.05) is 5.56 Å². The van der Waals surface area contributed by atoms with Gasteiger partial charge in [-0.3, -0.25) is 4.79 Å². The van der Waals surface area contributed by atoms with E-state index in [2.05, 4.69) is 11.4 Å². The second-order valence-electron chi connectivity index (χ2n) is 4.95. The molecule has 1 aromatic carbocycles. The maximum Gasteiger partial charge on any atom is 0.251 e. The Hall–Kier alpha value is -2.03. The molecule has 0 spiro atoms. The zero-order valence-corrected chi connectivity index (χ0v) is 10.8. The van der Waals surface area contributed by atoms with Crippen LogP contribution in [0.4, 0.5) is 0 Å². The van der Waals surface area contributed by atoms with Gasteiger partial charge < -0.3 is 9.73 Å². The lowest BCUT2D eigenvalue weighted by molar-refractivity contribution is 0.0948. The minimum Gasteiger partial charge on any atom is -0.467 e. The minimum absolute atomic E-state index is 0.0372. The molecule has 3 heteroatoms. The van der Waals surface area contributed by atoms with Crippen molar-refractivity contribution in [1.29, 1.82) is 0 Å². The molecular weight excluding hydrogens is 238 g/mol. The normalized spacial score (nSPS) is 13.9. The summed E-state index contributed by atoms with van der Waals surface area (Å²) in [5, 5.41) is 2.88. The fourth-order valence-corrected chi connectivity index (χ4v) is 2.56. The van der Waals surface area contributed by atoms with Crippen molar-refractivity contribution in [2.45, 2.75) is 32.2 Å². The van der Waals surface area contributed by atoms with Crippen LogP contribution in [0, 0.1) is 0 Å². The van der Waals surface area contributed by atoms with E-state index >= 15 is 0 Å². The largest absolute Gasteiger partial charge is 0.467 e. The SMILES string of the molecule is O=C(NCc1ccco1)c1ccc2c(c1)CCCC2. The quantitative estimate of drug-likeness (QED) is 0.915. The van der Waals surface area contributed by atoms with Crippen LogP contribution in [0.5, 0.6) is 0 Å². The van der Waals surface area contributed by atoms with E-state index in [4.69, 9.17) is 4.42 Å². The molecule has 1 N–H and O–H groups in total. The second-order valence-corrected chi connectivity index (χ2v) is 4.95. The number of benzene rings is 1. The third kappa shape index (κ3) is 2.70. The van der Waals surface area contributed by atoms with Crippen LogP contribution < -0.4 is 5.32 Å². The van der Waals surface area contributed by atoms with Crippen molar-refractivity contribution in [1.82, 2.24) is 5.32 Å². The first-order chi connectivity index (χ1) is 9.33. The van der Waals surface area contributed by atoms with Crippen molar-refractivity contribution in [2.75, 3.05) is 0 Å². The number of nitrogens with one attached hydrogen (secondary N) is 1. The summed E-state index contributed by atoms with van der Waals surface area (Å²) in [7, 11) is 0. The number of hydrogen-bond acceptors (Lipinski definition) is 2. The molecule has 0 bridgehead atoms. The number of hydrogen-bond donors (Lipinski definition) is 1. The summed E-state index contributed by atoms with van der Waals surface area (Å²) in [6.45, 7) is 0.433. The van der Waals surface area contributed by atoms with E-state index in [1.807, 2.05) is 24.3 Å².